The van der Waals surface area contributed by atoms with Crippen molar-refractivity contribution in [2.75, 3.05) is 19.6 Å². The molecule has 0 saturated carbocycles. The van der Waals surface area contributed by atoms with E-state index in [1.807, 2.05) is 35.4 Å². The molecule has 4 rings (SSSR count). The Kier molecular flexibility index (Phi) is 4.40. The minimum absolute atomic E-state index is 0.253. The second-order valence-corrected chi connectivity index (χ2v) is 7.08. The summed E-state index contributed by atoms with van der Waals surface area (Å²) in [7, 11) is 0. The number of nitrogens with zero attached hydrogens (tertiary/aromatic N) is 3. The molecule has 1 N–H and O–H groups in total. The zero-order chi connectivity index (χ0) is 17.2. The minimum atomic E-state index is 0.253. The van der Waals surface area contributed by atoms with Crippen LogP contribution in [0.5, 0.6) is 5.75 Å². The van der Waals surface area contributed by atoms with Crippen LogP contribution < -0.4 is 0 Å². The van der Waals surface area contributed by atoms with Gasteiger partial charge in [-0.2, -0.15) is 0 Å². The number of pyridine rings is 1. The molecule has 2 aromatic rings. The summed E-state index contributed by atoms with van der Waals surface area (Å²) in [5.41, 5.74) is 2.32. The first-order chi connectivity index (χ1) is 12.2. The molecule has 3 heterocycles. The van der Waals surface area contributed by atoms with Gasteiger partial charge in [0.15, 0.2) is 0 Å². The number of aromatic nitrogens is 1. The topological polar surface area (TPSA) is 56.7 Å². The number of hydrogen-bond acceptors (Lipinski definition) is 4. The maximum absolute atomic E-state index is 12.5. The second kappa shape index (κ2) is 6.84. The van der Waals surface area contributed by atoms with Crippen molar-refractivity contribution in [3.05, 3.63) is 59.9 Å². The summed E-state index contributed by atoms with van der Waals surface area (Å²) in [4.78, 5) is 21.1. The molecule has 5 heteroatoms. The molecule has 1 amide bonds. The van der Waals surface area contributed by atoms with Crippen molar-refractivity contribution >= 4 is 5.91 Å². The number of phenols is 1. The van der Waals surface area contributed by atoms with Gasteiger partial charge in [-0.1, -0.05) is 18.2 Å². The number of aromatic hydroxyl groups is 1. The average molecular weight is 337 g/mol. The quantitative estimate of drug-likeness (QED) is 0.907. The fourth-order valence-corrected chi connectivity index (χ4v) is 3.92. The number of carbonyl (C=O) groups is 1. The third-order valence-electron chi connectivity index (χ3n) is 5.37. The fourth-order valence-electron chi connectivity index (χ4n) is 3.92. The van der Waals surface area contributed by atoms with Gasteiger partial charge in [0, 0.05) is 57.0 Å². The average Bonchev–Trinajstić information content (AvgIpc) is 2.97. The van der Waals surface area contributed by atoms with Gasteiger partial charge < -0.3 is 10.0 Å². The summed E-state index contributed by atoms with van der Waals surface area (Å²) in [5, 5.41) is 9.38. The van der Waals surface area contributed by atoms with Gasteiger partial charge in [0.1, 0.15) is 5.75 Å². The maximum Gasteiger partial charge on any atom is 0.222 e. The highest BCUT2D eigenvalue weighted by Crippen LogP contribution is 2.34. The molecule has 2 aliphatic heterocycles. The van der Waals surface area contributed by atoms with Crippen molar-refractivity contribution in [1.29, 1.82) is 0 Å². The van der Waals surface area contributed by atoms with Gasteiger partial charge in [0.05, 0.1) is 0 Å². The number of hydrogen-bond donors (Lipinski definition) is 1. The van der Waals surface area contributed by atoms with Gasteiger partial charge in [-0.15, -0.1) is 0 Å². The molecular weight excluding hydrogens is 314 g/mol. The van der Waals surface area contributed by atoms with E-state index < -0.39 is 0 Å². The smallest absolute Gasteiger partial charge is 0.222 e. The van der Waals surface area contributed by atoms with Crippen LogP contribution in [0.1, 0.15) is 17.5 Å². The Bertz CT molecular complexity index is 732. The highest BCUT2D eigenvalue weighted by atomic mass is 16.3. The predicted molar refractivity (Wildman–Crippen MR) is 94.9 cm³/mol. The van der Waals surface area contributed by atoms with E-state index in [0.29, 0.717) is 24.1 Å². The highest BCUT2D eigenvalue weighted by Gasteiger charge is 2.46. The molecule has 2 fully saturated rings. The van der Waals surface area contributed by atoms with E-state index >= 15 is 0 Å². The Hall–Kier alpha value is -2.40. The molecule has 1 aromatic carbocycles. The van der Waals surface area contributed by atoms with Crippen molar-refractivity contribution < 1.29 is 9.90 Å². The van der Waals surface area contributed by atoms with Crippen LogP contribution in [0.3, 0.4) is 0 Å². The number of carbonyl (C=O) groups excluding carboxylic acids is 1. The first-order valence-corrected chi connectivity index (χ1v) is 8.87. The molecule has 2 atom stereocenters. The van der Waals surface area contributed by atoms with E-state index in [1.54, 1.807) is 18.3 Å². The van der Waals surface area contributed by atoms with Crippen LogP contribution in [0.4, 0.5) is 0 Å². The third kappa shape index (κ3) is 3.51. The molecule has 0 aliphatic carbocycles. The number of likely N-dealkylation sites (tertiary alicyclic amines) is 2. The minimum Gasteiger partial charge on any atom is -0.508 e. The molecule has 2 aliphatic rings. The normalized spacial score (nSPS) is 22.5. The van der Waals surface area contributed by atoms with Gasteiger partial charge >= 0.3 is 0 Å². The van der Waals surface area contributed by atoms with Gasteiger partial charge in [-0.05, 0) is 35.7 Å². The molecule has 5 nitrogen and oxygen atoms in total. The SMILES string of the molecule is O=C(CCc1cccnc1)N1C[C@H]2CN(Cc3ccc(O)cc3)[C@H]2C1. The van der Waals surface area contributed by atoms with Gasteiger partial charge in [0.2, 0.25) is 5.91 Å². The molecule has 130 valence electrons. The number of amides is 1. The molecular formula is C20H23N3O2. The largest absolute Gasteiger partial charge is 0.508 e. The molecule has 2 saturated heterocycles. The number of aryl methyl sites for hydroxylation is 1. The summed E-state index contributed by atoms with van der Waals surface area (Å²) in [6, 6.07) is 11.8. The Labute approximate surface area is 147 Å². The lowest BCUT2D eigenvalue weighted by molar-refractivity contribution is -0.130. The van der Waals surface area contributed by atoms with Crippen LogP contribution in [0.15, 0.2) is 48.8 Å². The van der Waals surface area contributed by atoms with E-state index in [2.05, 4.69) is 9.88 Å². The second-order valence-electron chi connectivity index (χ2n) is 7.08. The zero-order valence-electron chi connectivity index (χ0n) is 14.2. The van der Waals surface area contributed by atoms with Crippen LogP contribution in [-0.2, 0) is 17.8 Å². The lowest BCUT2D eigenvalue weighted by Crippen LogP contribution is -2.54. The Morgan fingerprint density at radius 2 is 1.96 bits per heavy atom. The van der Waals surface area contributed by atoms with Crippen LogP contribution >= 0.6 is 0 Å². The van der Waals surface area contributed by atoms with Crippen LogP contribution in [0, 0.1) is 5.92 Å². The summed E-state index contributed by atoms with van der Waals surface area (Å²) >= 11 is 0. The van der Waals surface area contributed by atoms with E-state index in [4.69, 9.17) is 0 Å². The summed E-state index contributed by atoms with van der Waals surface area (Å²) in [6.07, 6.45) is 4.91. The summed E-state index contributed by atoms with van der Waals surface area (Å²) in [5.74, 6) is 1.17. The van der Waals surface area contributed by atoms with E-state index in [9.17, 15) is 9.90 Å². The van der Waals surface area contributed by atoms with Crippen LogP contribution in [0.2, 0.25) is 0 Å². The van der Waals surface area contributed by atoms with Crippen LogP contribution in [-0.4, -0.2) is 51.5 Å². The van der Waals surface area contributed by atoms with Crippen molar-refractivity contribution in [2.45, 2.75) is 25.4 Å². The number of benzene rings is 1. The van der Waals surface area contributed by atoms with Gasteiger partial charge in [-0.25, -0.2) is 0 Å². The Balaban J connectivity index is 1.28. The molecule has 0 spiro atoms. The zero-order valence-corrected chi connectivity index (χ0v) is 14.2. The molecule has 0 radical (unpaired) electrons. The molecule has 1 aromatic heterocycles. The lowest BCUT2D eigenvalue weighted by atomic mass is 9.91. The predicted octanol–water partition coefficient (Wildman–Crippen LogP) is 2.06. The Morgan fingerprint density at radius 1 is 1.12 bits per heavy atom. The van der Waals surface area contributed by atoms with E-state index in [-0.39, 0.29) is 5.91 Å². The van der Waals surface area contributed by atoms with E-state index in [1.165, 1.54) is 5.56 Å². The number of fused-ring (bicyclic) bond motifs is 1. The maximum atomic E-state index is 12.5. The first-order valence-electron chi connectivity index (χ1n) is 8.87. The Morgan fingerprint density at radius 3 is 2.72 bits per heavy atom. The fraction of sp³-hybridized carbons (Fsp3) is 0.400. The van der Waals surface area contributed by atoms with Crippen LogP contribution in [0.25, 0.3) is 0 Å². The standard InChI is InChI=1S/C20H23N3O2/c24-18-6-3-16(4-7-18)11-22-12-17-13-23(14-19(17)22)20(25)8-5-15-2-1-9-21-10-15/h1-4,6-7,9-10,17,19,24H,5,8,11-14H2/t17-,19+/m1/s1. The monoisotopic (exact) mass is 337 g/mol. The highest BCUT2D eigenvalue weighted by molar-refractivity contribution is 5.77. The van der Waals surface area contributed by atoms with Gasteiger partial charge in [0.25, 0.3) is 0 Å². The summed E-state index contributed by atoms with van der Waals surface area (Å²) in [6.45, 7) is 3.67. The van der Waals surface area contributed by atoms with E-state index in [0.717, 1.165) is 38.2 Å². The number of rotatable bonds is 5. The lowest BCUT2D eigenvalue weighted by Gasteiger charge is -2.43. The molecule has 0 unspecified atom stereocenters. The first kappa shape index (κ1) is 16.1. The van der Waals surface area contributed by atoms with Crippen molar-refractivity contribution in [3.63, 3.8) is 0 Å². The van der Waals surface area contributed by atoms with Gasteiger partial charge in [-0.3, -0.25) is 14.7 Å². The molecule has 25 heavy (non-hydrogen) atoms. The van der Waals surface area contributed by atoms with Crippen molar-refractivity contribution in [3.8, 4) is 5.75 Å². The third-order valence-corrected chi connectivity index (χ3v) is 5.37. The summed E-state index contributed by atoms with van der Waals surface area (Å²) < 4.78 is 0. The number of phenolic OH excluding ortho intramolecular Hbond substituents is 1. The molecule has 0 bridgehead atoms. The van der Waals surface area contributed by atoms with Crippen molar-refractivity contribution in [1.82, 2.24) is 14.8 Å². The van der Waals surface area contributed by atoms with Crippen molar-refractivity contribution in [2.24, 2.45) is 5.92 Å².